The molecule has 15 heavy (non-hydrogen) atoms. The lowest BCUT2D eigenvalue weighted by molar-refractivity contribution is -0.121. The number of carbonyl (C=O) groups excluding carboxylic acids is 1. The molecule has 2 N–H and O–H groups in total. The molecular formula is C12H22N2O. The molecule has 0 spiro atoms. The molecule has 1 amide bonds. The lowest BCUT2D eigenvalue weighted by Gasteiger charge is -2.22. The highest BCUT2D eigenvalue weighted by Crippen LogP contribution is 2.17. The van der Waals surface area contributed by atoms with Gasteiger partial charge in [0.25, 0.3) is 0 Å². The number of hydrogen-bond donors (Lipinski definition) is 2. The minimum absolute atomic E-state index is 0.0884. The smallest absolute Gasteiger partial charge is 0.220 e. The van der Waals surface area contributed by atoms with Gasteiger partial charge in [-0.05, 0) is 45.2 Å². The van der Waals surface area contributed by atoms with Gasteiger partial charge in [-0.3, -0.25) is 4.79 Å². The fourth-order valence-corrected chi connectivity index (χ4v) is 1.89. The first-order valence-electron chi connectivity index (χ1n) is 5.85. The summed E-state index contributed by atoms with van der Waals surface area (Å²) in [5.74, 6) is 0.886. The minimum atomic E-state index is 0.0884. The first-order chi connectivity index (χ1) is 7.22. The molecular weight excluding hydrogens is 188 g/mol. The van der Waals surface area contributed by atoms with E-state index in [2.05, 4.69) is 17.2 Å². The van der Waals surface area contributed by atoms with Gasteiger partial charge in [-0.2, -0.15) is 0 Å². The summed E-state index contributed by atoms with van der Waals surface area (Å²) >= 11 is 0. The number of piperidine rings is 1. The van der Waals surface area contributed by atoms with E-state index in [-0.39, 0.29) is 11.9 Å². The van der Waals surface area contributed by atoms with Gasteiger partial charge in [-0.15, -0.1) is 6.58 Å². The van der Waals surface area contributed by atoms with Crippen molar-refractivity contribution in [1.82, 2.24) is 10.6 Å². The second-order valence-electron chi connectivity index (χ2n) is 4.32. The number of carbonyl (C=O) groups is 1. The van der Waals surface area contributed by atoms with Crippen LogP contribution in [-0.2, 0) is 4.79 Å². The Morgan fingerprint density at radius 2 is 2.27 bits per heavy atom. The van der Waals surface area contributed by atoms with E-state index < -0.39 is 0 Å². The van der Waals surface area contributed by atoms with Crippen molar-refractivity contribution in [1.29, 1.82) is 0 Å². The number of rotatable bonds is 5. The van der Waals surface area contributed by atoms with Crippen molar-refractivity contribution in [2.75, 3.05) is 13.1 Å². The van der Waals surface area contributed by atoms with Crippen LogP contribution < -0.4 is 10.6 Å². The van der Waals surface area contributed by atoms with Crippen molar-refractivity contribution in [3.63, 3.8) is 0 Å². The summed E-state index contributed by atoms with van der Waals surface area (Å²) in [4.78, 5) is 11.5. The number of nitrogens with one attached hydrogen (secondary N) is 2. The monoisotopic (exact) mass is 210 g/mol. The van der Waals surface area contributed by atoms with E-state index in [4.69, 9.17) is 0 Å². The van der Waals surface area contributed by atoms with Crippen LogP contribution in [0.15, 0.2) is 12.7 Å². The Morgan fingerprint density at radius 1 is 1.60 bits per heavy atom. The van der Waals surface area contributed by atoms with Crippen LogP contribution in [0.5, 0.6) is 0 Å². The third-order valence-electron chi connectivity index (χ3n) is 2.98. The highest BCUT2D eigenvalue weighted by atomic mass is 16.1. The zero-order valence-electron chi connectivity index (χ0n) is 9.59. The zero-order valence-corrected chi connectivity index (χ0v) is 9.59. The lowest BCUT2D eigenvalue weighted by Crippen LogP contribution is -2.32. The summed E-state index contributed by atoms with van der Waals surface area (Å²) in [6, 6.07) is 0.0884. The summed E-state index contributed by atoms with van der Waals surface area (Å²) in [6.07, 6.45) is 5.86. The molecule has 0 bridgehead atoms. The normalized spacial score (nSPS) is 19.5. The summed E-state index contributed by atoms with van der Waals surface area (Å²) < 4.78 is 0. The Kier molecular flexibility index (Phi) is 5.40. The van der Waals surface area contributed by atoms with Crippen LogP contribution in [-0.4, -0.2) is 25.0 Å². The molecule has 0 saturated carbocycles. The molecule has 1 saturated heterocycles. The van der Waals surface area contributed by atoms with Crippen molar-refractivity contribution in [3.8, 4) is 0 Å². The van der Waals surface area contributed by atoms with E-state index in [9.17, 15) is 4.79 Å². The highest BCUT2D eigenvalue weighted by Gasteiger charge is 2.14. The van der Waals surface area contributed by atoms with E-state index in [1.165, 1.54) is 12.8 Å². The zero-order chi connectivity index (χ0) is 11.1. The molecule has 3 nitrogen and oxygen atoms in total. The van der Waals surface area contributed by atoms with E-state index in [1.807, 2.05) is 6.92 Å². The molecule has 1 unspecified atom stereocenters. The molecule has 0 aromatic rings. The van der Waals surface area contributed by atoms with E-state index in [0.717, 1.165) is 25.4 Å². The number of amides is 1. The van der Waals surface area contributed by atoms with Crippen LogP contribution in [0, 0.1) is 5.92 Å². The molecule has 1 aliphatic rings. The van der Waals surface area contributed by atoms with Gasteiger partial charge in [0.2, 0.25) is 5.91 Å². The maximum atomic E-state index is 11.5. The van der Waals surface area contributed by atoms with Crippen LogP contribution in [0.3, 0.4) is 0 Å². The molecule has 0 aromatic heterocycles. The predicted molar refractivity (Wildman–Crippen MR) is 62.6 cm³/mol. The van der Waals surface area contributed by atoms with Crippen molar-refractivity contribution in [2.45, 2.75) is 38.6 Å². The highest BCUT2D eigenvalue weighted by molar-refractivity contribution is 5.76. The third-order valence-corrected chi connectivity index (χ3v) is 2.98. The summed E-state index contributed by atoms with van der Waals surface area (Å²) in [7, 11) is 0. The lowest BCUT2D eigenvalue weighted by atomic mass is 9.93. The van der Waals surface area contributed by atoms with Gasteiger partial charge in [-0.25, -0.2) is 0 Å². The van der Waals surface area contributed by atoms with E-state index >= 15 is 0 Å². The van der Waals surface area contributed by atoms with Crippen molar-refractivity contribution in [3.05, 3.63) is 12.7 Å². The van der Waals surface area contributed by atoms with E-state index in [0.29, 0.717) is 6.42 Å². The standard InChI is InChI=1S/C12H22N2O/c1-3-10(2)14-12(15)5-4-11-6-8-13-9-7-11/h3,10-11,13H,1,4-9H2,2H3,(H,14,15). The summed E-state index contributed by atoms with van der Waals surface area (Å²) in [5.41, 5.74) is 0. The van der Waals surface area contributed by atoms with Crippen LogP contribution in [0.4, 0.5) is 0 Å². The average Bonchev–Trinajstić information content (AvgIpc) is 2.27. The third kappa shape index (κ3) is 4.98. The molecule has 1 rings (SSSR count). The Morgan fingerprint density at radius 3 is 2.87 bits per heavy atom. The largest absolute Gasteiger partial charge is 0.350 e. The van der Waals surface area contributed by atoms with Crippen molar-refractivity contribution < 1.29 is 4.79 Å². The topological polar surface area (TPSA) is 41.1 Å². The molecule has 1 fully saturated rings. The van der Waals surface area contributed by atoms with Gasteiger partial charge >= 0.3 is 0 Å². The maximum Gasteiger partial charge on any atom is 0.220 e. The second kappa shape index (κ2) is 6.62. The predicted octanol–water partition coefficient (Wildman–Crippen LogP) is 1.46. The molecule has 0 aliphatic carbocycles. The Bertz CT molecular complexity index is 210. The fourth-order valence-electron chi connectivity index (χ4n) is 1.89. The molecule has 0 aromatic carbocycles. The first-order valence-corrected chi connectivity index (χ1v) is 5.85. The molecule has 0 radical (unpaired) electrons. The molecule has 1 atom stereocenters. The summed E-state index contributed by atoms with van der Waals surface area (Å²) in [5, 5.41) is 6.23. The van der Waals surface area contributed by atoms with Crippen LogP contribution in [0.1, 0.15) is 32.6 Å². The Balaban J connectivity index is 2.12. The van der Waals surface area contributed by atoms with Gasteiger partial charge in [0.05, 0.1) is 0 Å². The van der Waals surface area contributed by atoms with Crippen LogP contribution in [0.2, 0.25) is 0 Å². The first kappa shape index (κ1) is 12.2. The van der Waals surface area contributed by atoms with Gasteiger partial charge in [-0.1, -0.05) is 6.08 Å². The average molecular weight is 210 g/mol. The fraction of sp³-hybridized carbons (Fsp3) is 0.750. The molecule has 1 heterocycles. The molecule has 1 aliphatic heterocycles. The SMILES string of the molecule is C=CC(C)NC(=O)CCC1CCNCC1. The Hall–Kier alpha value is -0.830. The minimum Gasteiger partial charge on any atom is -0.350 e. The molecule has 86 valence electrons. The van der Waals surface area contributed by atoms with Crippen LogP contribution in [0.25, 0.3) is 0 Å². The van der Waals surface area contributed by atoms with Gasteiger partial charge in [0, 0.05) is 12.5 Å². The van der Waals surface area contributed by atoms with Gasteiger partial charge in [0.15, 0.2) is 0 Å². The summed E-state index contributed by atoms with van der Waals surface area (Å²) in [6.45, 7) is 7.79. The van der Waals surface area contributed by atoms with E-state index in [1.54, 1.807) is 6.08 Å². The quantitative estimate of drug-likeness (QED) is 0.674. The van der Waals surface area contributed by atoms with Crippen molar-refractivity contribution in [2.24, 2.45) is 5.92 Å². The maximum absolute atomic E-state index is 11.5. The number of hydrogen-bond acceptors (Lipinski definition) is 2. The second-order valence-corrected chi connectivity index (χ2v) is 4.32. The van der Waals surface area contributed by atoms with Crippen LogP contribution >= 0.6 is 0 Å². The molecule has 3 heteroatoms. The van der Waals surface area contributed by atoms with Gasteiger partial charge in [0.1, 0.15) is 0 Å². The van der Waals surface area contributed by atoms with Crippen molar-refractivity contribution >= 4 is 5.91 Å². The Labute approximate surface area is 92.3 Å². The van der Waals surface area contributed by atoms with Gasteiger partial charge < -0.3 is 10.6 Å².